The largest absolute Gasteiger partial charge is 0.444 e. The number of carbonyl (C=O) groups excluding carboxylic acids is 1. The summed E-state index contributed by atoms with van der Waals surface area (Å²) in [5.41, 5.74) is 3.61. The Kier molecular flexibility index (Phi) is 11.6. The number of anilines is 1. The van der Waals surface area contributed by atoms with Crippen molar-refractivity contribution in [2.24, 2.45) is 0 Å². The molecule has 4 aromatic rings. The normalized spacial score (nSPS) is 20.7. The summed E-state index contributed by atoms with van der Waals surface area (Å²) in [6.07, 6.45) is 8.91. The molecule has 2 fully saturated rings. The molecule has 0 radical (unpaired) electrons. The summed E-state index contributed by atoms with van der Waals surface area (Å²) >= 11 is 1.57. The third kappa shape index (κ3) is 9.74. The van der Waals surface area contributed by atoms with Crippen LogP contribution in [0.5, 0.6) is 0 Å². The van der Waals surface area contributed by atoms with Crippen molar-refractivity contribution in [3.05, 3.63) is 47.9 Å². The van der Waals surface area contributed by atoms with Gasteiger partial charge in [0.05, 0.1) is 17.6 Å². The van der Waals surface area contributed by atoms with E-state index in [0.29, 0.717) is 26.7 Å². The average molecular weight is 778 g/mol. The Balaban J connectivity index is 1.39. The van der Waals surface area contributed by atoms with E-state index in [2.05, 4.69) is 68.2 Å². The molecular weight excluding hydrogens is 719 g/mol. The molecule has 6 rings (SSSR count). The first-order valence-electron chi connectivity index (χ1n) is 19.1. The molecule has 0 aliphatic carbocycles. The van der Waals surface area contributed by atoms with Gasteiger partial charge in [0.1, 0.15) is 29.9 Å². The third-order valence-electron chi connectivity index (χ3n) is 10.2. The van der Waals surface area contributed by atoms with Crippen LogP contribution in [0.1, 0.15) is 59.1 Å². The smallest absolute Gasteiger partial charge is 0.410 e. The molecule has 0 N–H and O–H groups in total. The van der Waals surface area contributed by atoms with Gasteiger partial charge in [-0.05, 0) is 64.6 Å². The SMILES string of the molecule is CC(C)(C)OC(=O)N1C2CCC1CC(C)(c1cc(N(COCC[Si](C)(C)C)COCC[Si](C)(C)C)n3ncc(-c4ccc(-c5nccs5)nc4)c3n1)C2. The Bertz CT molecular complexity index is 1810. The second kappa shape index (κ2) is 15.5. The maximum absolute atomic E-state index is 13.4. The van der Waals surface area contributed by atoms with Gasteiger partial charge in [0.25, 0.3) is 0 Å². The summed E-state index contributed by atoms with van der Waals surface area (Å²) in [6.45, 7) is 24.5. The highest BCUT2D eigenvalue weighted by Gasteiger charge is 2.50. The number of piperidine rings is 1. The summed E-state index contributed by atoms with van der Waals surface area (Å²) in [6, 6.07) is 8.63. The molecule has 14 heteroatoms. The highest BCUT2D eigenvalue weighted by atomic mass is 32.1. The summed E-state index contributed by atoms with van der Waals surface area (Å²) in [5, 5.41) is 7.80. The van der Waals surface area contributed by atoms with E-state index in [1.165, 1.54) is 0 Å². The number of aromatic nitrogens is 5. The van der Waals surface area contributed by atoms with Crippen LogP contribution in [-0.2, 0) is 19.6 Å². The fourth-order valence-electron chi connectivity index (χ4n) is 7.30. The molecule has 0 aromatic carbocycles. The molecule has 0 saturated carbocycles. The molecule has 2 unspecified atom stereocenters. The maximum Gasteiger partial charge on any atom is 0.410 e. The minimum Gasteiger partial charge on any atom is -0.444 e. The lowest BCUT2D eigenvalue weighted by atomic mass is 9.74. The molecule has 2 atom stereocenters. The second-order valence-electron chi connectivity index (χ2n) is 18.5. The van der Waals surface area contributed by atoms with E-state index < -0.39 is 21.7 Å². The zero-order chi connectivity index (χ0) is 38.2. The number of hydrogen-bond donors (Lipinski definition) is 0. The van der Waals surface area contributed by atoms with Crippen molar-refractivity contribution in [3.63, 3.8) is 0 Å². The van der Waals surface area contributed by atoms with E-state index in [9.17, 15) is 4.79 Å². The molecule has 2 bridgehead atoms. The highest BCUT2D eigenvalue weighted by Crippen LogP contribution is 2.48. The van der Waals surface area contributed by atoms with Gasteiger partial charge in [-0.3, -0.25) is 4.98 Å². The van der Waals surface area contributed by atoms with Crippen molar-refractivity contribution in [2.75, 3.05) is 31.6 Å². The van der Waals surface area contributed by atoms with Gasteiger partial charge in [-0.1, -0.05) is 52.3 Å². The Morgan fingerprint density at radius 2 is 1.60 bits per heavy atom. The van der Waals surface area contributed by atoms with Crippen molar-refractivity contribution in [1.82, 2.24) is 29.5 Å². The van der Waals surface area contributed by atoms with Crippen molar-refractivity contribution >= 4 is 45.0 Å². The Morgan fingerprint density at radius 1 is 0.962 bits per heavy atom. The first-order chi connectivity index (χ1) is 24.9. The fourth-order valence-corrected chi connectivity index (χ4v) is 9.42. The van der Waals surface area contributed by atoms with Crippen LogP contribution in [0, 0.1) is 0 Å². The molecule has 1 amide bonds. The first kappa shape index (κ1) is 39.5. The number of thiazole rings is 1. The molecule has 2 aliphatic rings. The number of rotatable bonds is 14. The van der Waals surface area contributed by atoms with Gasteiger partial charge in [-0.25, -0.2) is 14.8 Å². The Morgan fingerprint density at radius 3 is 2.13 bits per heavy atom. The quantitative estimate of drug-likeness (QED) is 0.0704. The molecule has 6 heterocycles. The van der Waals surface area contributed by atoms with Gasteiger partial charge in [-0.2, -0.15) is 9.61 Å². The maximum atomic E-state index is 13.4. The van der Waals surface area contributed by atoms with Crippen LogP contribution in [0.15, 0.2) is 42.2 Å². The van der Waals surface area contributed by atoms with Gasteiger partial charge >= 0.3 is 6.09 Å². The lowest BCUT2D eigenvalue weighted by Crippen LogP contribution is -2.52. The first-order valence-corrected chi connectivity index (χ1v) is 27.4. The van der Waals surface area contributed by atoms with Gasteiger partial charge in [0.2, 0.25) is 0 Å². The number of nitrogens with zero attached hydrogens (tertiary/aromatic N) is 7. The van der Waals surface area contributed by atoms with Gasteiger partial charge in [0, 0.05) is 81.8 Å². The molecule has 2 saturated heterocycles. The van der Waals surface area contributed by atoms with E-state index in [1.807, 2.05) is 54.0 Å². The van der Waals surface area contributed by atoms with E-state index in [1.54, 1.807) is 17.5 Å². The monoisotopic (exact) mass is 777 g/mol. The average Bonchev–Trinajstić information content (AvgIpc) is 3.81. The standard InChI is InChI=1S/C39H59N7O4SSi2/c1-38(2,3)50-37(47)45-29-12-13-30(45)23-39(4,22-29)33-21-34(44(26-48-16-19-52(5,6)7)27-49-17-20-53(8,9)10)46-35(43-33)31(25-42-46)28-11-14-32(41-24-28)36-40-15-18-51-36/h11,14-15,18,21,24-25,29-30H,12-13,16-17,19-20,22-23,26-27H2,1-10H3. The Labute approximate surface area is 321 Å². The van der Waals surface area contributed by atoms with E-state index in [0.717, 1.165) is 76.8 Å². The summed E-state index contributed by atoms with van der Waals surface area (Å²) < 4.78 is 20.6. The van der Waals surface area contributed by atoms with Crippen LogP contribution >= 0.6 is 11.3 Å². The number of fused-ring (bicyclic) bond motifs is 3. The van der Waals surface area contributed by atoms with Gasteiger partial charge in [0.15, 0.2) is 5.65 Å². The fraction of sp³-hybridized carbons (Fsp3) is 0.615. The molecule has 4 aromatic heterocycles. The summed E-state index contributed by atoms with van der Waals surface area (Å²) in [5.74, 6) is 0.882. The van der Waals surface area contributed by atoms with E-state index in [4.69, 9.17) is 29.3 Å². The van der Waals surface area contributed by atoms with Crippen LogP contribution in [-0.4, -0.2) is 96.1 Å². The van der Waals surface area contributed by atoms with Crippen LogP contribution < -0.4 is 4.90 Å². The predicted octanol–water partition coefficient (Wildman–Crippen LogP) is 9.17. The zero-order valence-electron chi connectivity index (χ0n) is 33.4. The molecular formula is C39H59N7O4SSi2. The lowest BCUT2D eigenvalue weighted by Gasteiger charge is -2.44. The topological polar surface area (TPSA) is 107 Å². The minimum absolute atomic E-state index is 0.0907. The number of pyridine rings is 1. The van der Waals surface area contributed by atoms with Crippen LogP contribution in [0.3, 0.4) is 0 Å². The highest BCUT2D eigenvalue weighted by molar-refractivity contribution is 7.13. The molecule has 11 nitrogen and oxygen atoms in total. The van der Waals surface area contributed by atoms with Crippen molar-refractivity contribution in [1.29, 1.82) is 0 Å². The van der Waals surface area contributed by atoms with Crippen molar-refractivity contribution < 1.29 is 19.0 Å². The predicted molar refractivity (Wildman–Crippen MR) is 219 cm³/mol. The Hall–Kier alpha value is -3.18. The van der Waals surface area contributed by atoms with Crippen LogP contribution in [0.25, 0.3) is 27.5 Å². The van der Waals surface area contributed by atoms with Crippen molar-refractivity contribution in [3.8, 4) is 21.8 Å². The molecule has 288 valence electrons. The summed E-state index contributed by atoms with van der Waals surface area (Å²) in [4.78, 5) is 32.2. The molecule has 53 heavy (non-hydrogen) atoms. The van der Waals surface area contributed by atoms with Gasteiger partial charge in [-0.15, -0.1) is 11.3 Å². The molecule has 2 aliphatic heterocycles. The number of hydrogen-bond acceptors (Lipinski definition) is 10. The van der Waals surface area contributed by atoms with Crippen LogP contribution in [0.2, 0.25) is 51.4 Å². The number of ether oxygens (including phenoxy) is 3. The summed E-state index contributed by atoms with van der Waals surface area (Å²) in [7, 11) is -2.56. The second-order valence-corrected chi connectivity index (χ2v) is 30.7. The zero-order valence-corrected chi connectivity index (χ0v) is 36.3. The van der Waals surface area contributed by atoms with E-state index >= 15 is 0 Å². The van der Waals surface area contributed by atoms with Gasteiger partial charge < -0.3 is 24.0 Å². The number of amides is 1. The number of carbonyl (C=O) groups is 1. The molecule has 0 spiro atoms. The lowest BCUT2D eigenvalue weighted by molar-refractivity contribution is -0.000384. The van der Waals surface area contributed by atoms with Crippen LogP contribution in [0.4, 0.5) is 10.6 Å². The van der Waals surface area contributed by atoms with E-state index in [-0.39, 0.29) is 23.6 Å². The third-order valence-corrected chi connectivity index (χ3v) is 14.4. The van der Waals surface area contributed by atoms with Crippen molar-refractivity contribution in [2.45, 2.75) is 128 Å². The minimum atomic E-state index is -1.28.